The van der Waals surface area contributed by atoms with Crippen LogP contribution in [0.2, 0.25) is 0 Å². The number of carbonyl (C=O) groups excluding carboxylic acids is 4. The number of hydrogen-bond acceptors (Lipinski definition) is 12. The van der Waals surface area contributed by atoms with Crippen molar-refractivity contribution in [3.63, 3.8) is 0 Å². The summed E-state index contributed by atoms with van der Waals surface area (Å²) >= 11 is 0. The van der Waals surface area contributed by atoms with Crippen molar-refractivity contribution in [1.29, 1.82) is 0 Å². The van der Waals surface area contributed by atoms with Crippen LogP contribution in [0.1, 0.15) is 112 Å². The molecule has 2 bridgehead atoms. The average molecular weight is 803 g/mol. The molecule has 2 saturated heterocycles. The van der Waals surface area contributed by atoms with E-state index in [0.29, 0.717) is 56.9 Å². The maximum Gasteiger partial charge on any atom is 0.329 e. The zero-order chi connectivity index (χ0) is 42.2. The maximum atomic E-state index is 14.3. The lowest BCUT2D eigenvalue weighted by Crippen LogP contribution is -2.64. The fourth-order valence-corrected chi connectivity index (χ4v) is 9.36. The van der Waals surface area contributed by atoms with Gasteiger partial charge in [-0.05, 0) is 101 Å². The van der Waals surface area contributed by atoms with E-state index in [1.54, 1.807) is 20.8 Å². The molecule has 0 radical (unpaired) electrons. The van der Waals surface area contributed by atoms with E-state index in [1.807, 2.05) is 32.9 Å². The lowest BCUT2D eigenvalue weighted by atomic mass is 9.81. The number of allylic oxidation sites excluding steroid dienone is 3. The highest BCUT2D eigenvalue weighted by Crippen LogP contribution is 2.39. The SMILES string of the molecule is CCC1C=C(C)CC(C)CC(OC)C2OC(O)(C(=O)C(=O)N3CCCCC3C(=O)OC(C(C)=CC3CCC(N=[N+]=[N-])C(O)C3)C(C)C(O)CC1=O)C(C)CC2OC. The Hall–Kier alpha value is -3.17. The molecule has 0 aromatic carbocycles. The number of carbonyl (C=O) groups is 4. The molecule has 320 valence electrons. The molecule has 3 fully saturated rings. The van der Waals surface area contributed by atoms with Gasteiger partial charge in [0.15, 0.2) is 0 Å². The van der Waals surface area contributed by atoms with Gasteiger partial charge < -0.3 is 39.2 Å². The minimum Gasteiger partial charge on any atom is -0.456 e. The van der Waals surface area contributed by atoms with Crippen LogP contribution in [-0.4, -0.2) is 119 Å². The minimum absolute atomic E-state index is 0.0208. The molecule has 3 aliphatic heterocycles. The Morgan fingerprint density at radius 2 is 1.70 bits per heavy atom. The summed E-state index contributed by atoms with van der Waals surface area (Å²) < 4.78 is 24.1. The first-order valence-corrected chi connectivity index (χ1v) is 20.8. The smallest absolute Gasteiger partial charge is 0.329 e. The number of azide groups is 1. The first-order chi connectivity index (χ1) is 27.0. The summed E-state index contributed by atoms with van der Waals surface area (Å²) in [5, 5.41) is 38.0. The molecule has 14 unspecified atom stereocenters. The minimum atomic E-state index is -2.52. The Kier molecular flexibility index (Phi) is 16.9. The summed E-state index contributed by atoms with van der Waals surface area (Å²) in [6.07, 6.45) is 2.95. The third kappa shape index (κ3) is 11.1. The topological polar surface area (TPSA) is 218 Å². The van der Waals surface area contributed by atoms with Crippen LogP contribution >= 0.6 is 0 Å². The van der Waals surface area contributed by atoms with Crippen LogP contribution in [0.5, 0.6) is 0 Å². The lowest BCUT2D eigenvalue weighted by molar-refractivity contribution is -0.302. The molecule has 3 heterocycles. The maximum absolute atomic E-state index is 14.3. The molecule has 0 spiro atoms. The van der Waals surface area contributed by atoms with Gasteiger partial charge in [-0.25, -0.2) is 4.79 Å². The van der Waals surface area contributed by atoms with Crippen LogP contribution < -0.4 is 0 Å². The number of amides is 1. The second kappa shape index (κ2) is 20.7. The van der Waals surface area contributed by atoms with Crippen LogP contribution in [0.25, 0.3) is 10.4 Å². The number of fused-ring (bicyclic) bond motifs is 3. The predicted molar refractivity (Wildman–Crippen MR) is 210 cm³/mol. The second-order valence-corrected chi connectivity index (χ2v) is 17.2. The van der Waals surface area contributed by atoms with Crippen molar-refractivity contribution in [3.8, 4) is 0 Å². The van der Waals surface area contributed by atoms with Gasteiger partial charge in [0.25, 0.3) is 11.7 Å². The highest BCUT2D eigenvalue weighted by molar-refractivity contribution is 6.39. The van der Waals surface area contributed by atoms with Crippen molar-refractivity contribution in [3.05, 3.63) is 33.7 Å². The third-order valence-electron chi connectivity index (χ3n) is 12.8. The van der Waals surface area contributed by atoms with Crippen molar-refractivity contribution in [2.45, 2.75) is 167 Å². The molecule has 1 aliphatic carbocycles. The largest absolute Gasteiger partial charge is 0.456 e. The molecule has 3 N–H and O–H groups in total. The summed E-state index contributed by atoms with van der Waals surface area (Å²) in [6, 6.07) is -1.71. The van der Waals surface area contributed by atoms with Gasteiger partial charge in [-0.2, -0.15) is 0 Å². The molecule has 15 heteroatoms. The van der Waals surface area contributed by atoms with Crippen molar-refractivity contribution in [1.82, 2.24) is 4.90 Å². The number of Topliss-reactive ketones (excluding diaryl/α,β-unsaturated/α-hetero) is 2. The number of piperidine rings is 1. The molecule has 15 nitrogen and oxygen atoms in total. The van der Waals surface area contributed by atoms with Crippen molar-refractivity contribution >= 4 is 23.4 Å². The van der Waals surface area contributed by atoms with Gasteiger partial charge in [-0.3, -0.25) is 14.4 Å². The zero-order valence-electron chi connectivity index (χ0n) is 35.0. The number of rotatable bonds is 6. The Morgan fingerprint density at radius 1 is 1.02 bits per heavy atom. The molecule has 1 saturated carbocycles. The summed E-state index contributed by atoms with van der Waals surface area (Å²) in [5.41, 5.74) is 10.5. The fraction of sp³-hybridized carbons (Fsp3) is 0.810. The average Bonchev–Trinajstić information content (AvgIpc) is 3.18. The predicted octanol–water partition coefficient (Wildman–Crippen LogP) is 5.14. The van der Waals surface area contributed by atoms with Gasteiger partial charge in [0, 0.05) is 49.9 Å². The van der Waals surface area contributed by atoms with E-state index in [4.69, 9.17) is 24.5 Å². The first kappa shape index (κ1) is 46.5. The van der Waals surface area contributed by atoms with E-state index >= 15 is 0 Å². The zero-order valence-corrected chi connectivity index (χ0v) is 35.0. The van der Waals surface area contributed by atoms with Gasteiger partial charge >= 0.3 is 5.97 Å². The summed E-state index contributed by atoms with van der Waals surface area (Å²) in [7, 11) is 3.04. The summed E-state index contributed by atoms with van der Waals surface area (Å²) in [5.74, 6) is -7.88. The second-order valence-electron chi connectivity index (χ2n) is 17.2. The third-order valence-corrected chi connectivity index (χ3v) is 12.8. The van der Waals surface area contributed by atoms with Crippen LogP contribution in [0, 0.1) is 29.6 Å². The highest BCUT2D eigenvalue weighted by Gasteiger charge is 2.56. The van der Waals surface area contributed by atoms with Gasteiger partial charge in [0.05, 0.1) is 30.5 Å². The standard InChI is InChI=1S/C42H66N4O11/c1-9-29-17-23(2)16-24(3)18-35(54-7)38-36(55-8)20-26(5)42(53,57-38)39(50)40(51)46-15-11-10-12-31(46)41(52)56-37(27(6)32(47)22-33(29)48)25(4)19-28-13-14-30(44-45-43)34(49)21-28/h17,19,24,26-32,34-38,47,49,53H,9-16,18,20-22H2,1-8H3. The Labute approximate surface area is 337 Å². The molecule has 14 atom stereocenters. The van der Waals surface area contributed by atoms with Crippen molar-refractivity contribution in [2.75, 3.05) is 20.8 Å². The number of hydrogen-bond donors (Lipinski definition) is 3. The lowest BCUT2D eigenvalue weighted by Gasteiger charge is -2.47. The fourth-order valence-electron chi connectivity index (χ4n) is 9.36. The molecular weight excluding hydrogens is 736 g/mol. The highest BCUT2D eigenvalue weighted by atomic mass is 16.7. The van der Waals surface area contributed by atoms with Crippen LogP contribution in [0.3, 0.4) is 0 Å². The van der Waals surface area contributed by atoms with E-state index < -0.39 is 89.9 Å². The van der Waals surface area contributed by atoms with Crippen LogP contribution in [-0.2, 0) is 38.1 Å². The summed E-state index contributed by atoms with van der Waals surface area (Å²) in [6.45, 7) is 11.1. The molecule has 4 rings (SSSR count). The van der Waals surface area contributed by atoms with Gasteiger partial charge in [-0.15, -0.1) is 0 Å². The van der Waals surface area contributed by atoms with E-state index in [1.165, 1.54) is 14.2 Å². The number of methoxy groups -OCH3 is 2. The number of aliphatic hydroxyl groups excluding tert-OH is 2. The number of cyclic esters (lactones) is 1. The normalized spacial score (nSPS) is 39.9. The molecule has 0 aromatic heterocycles. The number of ether oxygens (including phenoxy) is 4. The Balaban J connectivity index is 1.76. The number of ketones is 2. The van der Waals surface area contributed by atoms with E-state index in [-0.39, 0.29) is 43.4 Å². The van der Waals surface area contributed by atoms with Gasteiger partial charge in [0.1, 0.15) is 24.0 Å². The van der Waals surface area contributed by atoms with E-state index in [2.05, 4.69) is 10.0 Å². The first-order valence-electron chi connectivity index (χ1n) is 20.8. The molecule has 57 heavy (non-hydrogen) atoms. The molecule has 0 aromatic rings. The van der Waals surface area contributed by atoms with Gasteiger partial charge in [0.2, 0.25) is 5.79 Å². The molecular formula is C42H66N4O11. The quantitative estimate of drug-likeness (QED) is 0.0798. The number of esters is 1. The van der Waals surface area contributed by atoms with E-state index in [9.17, 15) is 34.5 Å². The van der Waals surface area contributed by atoms with Crippen LogP contribution in [0.4, 0.5) is 0 Å². The number of nitrogens with zero attached hydrogens (tertiary/aromatic N) is 4. The summed E-state index contributed by atoms with van der Waals surface area (Å²) in [4.78, 5) is 60.5. The molecule has 1 amide bonds. The van der Waals surface area contributed by atoms with Crippen molar-refractivity contribution < 1.29 is 53.4 Å². The number of aliphatic hydroxyl groups is 3. The van der Waals surface area contributed by atoms with Crippen molar-refractivity contribution in [2.24, 2.45) is 34.7 Å². The monoisotopic (exact) mass is 802 g/mol. The Bertz CT molecular complexity index is 1550. The van der Waals surface area contributed by atoms with E-state index in [0.717, 1.165) is 10.5 Å². The van der Waals surface area contributed by atoms with Gasteiger partial charge in [-0.1, -0.05) is 50.5 Å². The van der Waals surface area contributed by atoms with Crippen LogP contribution in [0.15, 0.2) is 28.4 Å². The Morgan fingerprint density at radius 3 is 2.33 bits per heavy atom. The molecule has 4 aliphatic rings.